The molecule has 2 nitrogen and oxygen atoms in total. The molecule has 2 heteroatoms. The third-order valence-electron chi connectivity index (χ3n) is 3.56. The number of hydrogen-bond acceptors (Lipinski definition) is 2. The van der Waals surface area contributed by atoms with Crippen molar-refractivity contribution in [1.82, 2.24) is 0 Å². The number of fused-ring (bicyclic) bond motifs is 1. The summed E-state index contributed by atoms with van der Waals surface area (Å²) in [5.74, 6) is 0.961. The maximum absolute atomic E-state index is 6.22. The molecule has 0 saturated heterocycles. The van der Waals surface area contributed by atoms with Gasteiger partial charge in [0.1, 0.15) is 11.9 Å². The predicted octanol–water partition coefficient (Wildman–Crippen LogP) is 3.52. The summed E-state index contributed by atoms with van der Waals surface area (Å²) in [6.07, 6.45) is 1.04. The molecule has 0 bridgehead atoms. The van der Waals surface area contributed by atoms with E-state index in [1.165, 1.54) is 5.56 Å². The zero-order valence-corrected chi connectivity index (χ0v) is 10.5. The number of nitrogens with two attached hydrogens (primary N) is 1. The quantitative estimate of drug-likeness (QED) is 0.870. The highest BCUT2D eigenvalue weighted by Gasteiger charge is 2.31. The van der Waals surface area contributed by atoms with Crippen LogP contribution < -0.4 is 10.5 Å². The van der Waals surface area contributed by atoms with Gasteiger partial charge in [-0.15, -0.1) is 0 Å². The Morgan fingerprint density at radius 2 is 1.83 bits per heavy atom. The van der Waals surface area contributed by atoms with Crippen LogP contribution in [0.5, 0.6) is 5.75 Å². The van der Waals surface area contributed by atoms with E-state index in [1.54, 1.807) is 0 Å². The van der Waals surface area contributed by atoms with Gasteiger partial charge in [-0.3, -0.25) is 0 Å². The zero-order valence-electron chi connectivity index (χ0n) is 10.5. The van der Waals surface area contributed by atoms with Crippen molar-refractivity contribution < 1.29 is 4.74 Å². The highest BCUT2D eigenvalue weighted by Crippen LogP contribution is 2.43. The monoisotopic (exact) mass is 239 g/mol. The summed E-state index contributed by atoms with van der Waals surface area (Å²) in [6.45, 7) is 2.11. The fourth-order valence-corrected chi connectivity index (χ4v) is 2.56. The minimum atomic E-state index is -0.00587. The van der Waals surface area contributed by atoms with Crippen molar-refractivity contribution in [2.24, 2.45) is 5.73 Å². The number of benzene rings is 2. The van der Waals surface area contributed by atoms with E-state index < -0.39 is 0 Å². The Hall–Kier alpha value is -1.80. The first-order valence-corrected chi connectivity index (χ1v) is 6.42. The van der Waals surface area contributed by atoms with E-state index in [9.17, 15) is 0 Å². The van der Waals surface area contributed by atoms with Crippen molar-refractivity contribution >= 4 is 0 Å². The van der Waals surface area contributed by atoms with Crippen LogP contribution in [0.25, 0.3) is 11.1 Å². The van der Waals surface area contributed by atoms with E-state index >= 15 is 0 Å². The standard InChI is InChI=1S/C16H17NO/c1-2-14-15(17)13-10-6-9-12(16(13)18-14)11-7-4-3-5-8-11/h3-10,14-15H,2,17H2,1H3. The summed E-state index contributed by atoms with van der Waals surface area (Å²) >= 11 is 0. The van der Waals surface area contributed by atoms with Crippen molar-refractivity contribution in [3.63, 3.8) is 0 Å². The molecule has 92 valence electrons. The van der Waals surface area contributed by atoms with Crippen LogP contribution in [-0.4, -0.2) is 6.10 Å². The molecule has 2 atom stereocenters. The average Bonchev–Trinajstić information content (AvgIpc) is 2.77. The number of rotatable bonds is 2. The van der Waals surface area contributed by atoms with Crippen LogP contribution in [0.4, 0.5) is 0 Å². The molecule has 1 aliphatic heterocycles. The number of hydrogen-bond donors (Lipinski definition) is 1. The lowest BCUT2D eigenvalue weighted by molar-refractivity contribution is 0.203. The summed E-state index contributed by atoms with van der Waals surface area (Å²) in [4.78, 5) is 0. The Bertz CT molecular complexity index is 550. The molecule has 18 heavy (non-hydrogen) atoms. The predicted molar refractivity (Wildman–Crippen MR) is 73.5 cm³/mol. The van der Waals surface area contributed by atoms with E-state index in [0.717, 1.165) is 23.3 Å². The molecule has 0 aromatic heterocycles. The number of para-hydroxylation sites is 1. The first kappa shape index (κ1) is 11.3. The molecular formula is C16H17NO. The van der Waals surface area contributed by atoms with Crippen LogP contribution in [-0.2, 0) is 0 Å². The molecule has 0 aliphatic carbocycles. The average molecular weight is 239 g/mol. The van der Waals surface area contributed by atoms with Gasteiger partial charge in [0.05, 0.1) is 6.04 Å². The Labute approximate surface area is 107 Å². The lowest BCUT2D eigenvalue weighted by Gasteiger charge is -2.12. The molecule has 1 heterocycles. The number of ether oxygens (including phenoxy) is 1. The normalized spacial score (nSPS) is 21.4. The van der Waals surface area contributed by atoms with Crippen LogP contribution in [0.15, 0.2) is 48.5 Å². The van der Waals surface area contributed by atoms with Crippen LogP contribution in [0.3, 0.4) is 0 Å². The molecule has 0 radical (unpaired) electrons. The SMILES string of the molecule is CCC1Oc2c(-c3ccccc3)cccc2C1N. The van der Waals surface area contributed by atoms with Crippen molar-refractivity contribution in [3.05, 3.63) is 54.1 Å². The molecular weight excluding hydrogens is 222 g/mol. The molecule has 2 aromatic rings. The zero-order chi connectivity index (χ0) is 12.5. The van der Waals surface area contributed by atoms with Crippen molar-refractivity contribution in [3.8, 4) is 16.9 Å². The minimum Gasteiger partial charge on any atom is -0.487 e. The van der Waals surface area contributed by atoms with Gasteiger partial charge in [0, 0.05) is 11.1 Å². The van der Waals surface area contributed by atoms with Gasteiger partial charge in [0.25, 0.3) is 0 Å². The second-order valence-corrected chi connectivity index (χ2v) is 4.68. The largest absolute Gasteiger partial charge is 0.487 e. The molecule has 0 amide bonds. The second kappa shape index (κ2) is 4.46. The van der Waals surface area contributed by atoms with E-state index in [4.69, 9.17) is 10.5 Å². The van der Waals surface area contributed by atoms with Gasteiger partial charge in [0.15, 0.2) is 0 Å². The maximum atomic E-state index is 6.22. The molecule has 0 spiro atoms. The first-order valence-electron chi connectivity index (χ1n) is 6.42. The van der Waals surface area contributed by atoms with Crippen molar-refractivity contribution in [1.29, 1.82) is 0 Å². The summed E-state index contributed by atoms with van der Waals surface area (Å²) in [6, 6.07) is 16.5. The van der Waals surface area contributed by atoms with Gasteiger partial charge in [-0.1, -0.05) is 55.5 Å². The van der Waals surface area contributed by atoms with Gasteiger partial charge in [-0.05, 0) is 12.0 Å². The molecule has 0 saturated carbocycles. The van der Waals surface area contributed by atoms with Gasteiger partial charge in [-0.2, -0.15) is 0 Å². The van der Waals surface area contributed by atoms with Gasteiger partial charge < -0.3 is 10.5 Å². The Balaban J connectivity index is 2.11. The van der Waals surface area contributed by atoms with E-state index in [2.05, 4.69) is 37.3 Å². The van der Waals surface area contributed by atoms with Crippen LogP contribution in [0.1, 0.15) is 24.9 Å². The molecule has 1 aliphatic rings. The third kappa shape index (κ3) is 1.70. The van der Waals surface area contributed by atoms with Gasteiger partial charge in [0.2, 0.25) is 0 Å². The Morgan fingerprint density at radius 3 is 2.56 bits per heavy atom. The summed E-state index contributed by atoms with van der Waals surface area (Å²) in [7, 11) is 0. The highest BCUT2D eigenvalue weighted by atomic mass is 16.5. The Morgan fingerprint density at radius 1 is 1.06 bits per heavy atom. The van der Waals surface area contributed by atoms with Crippen LogP contribution in [0.2, 0.25) is 0 Å². The molecule has 2 N–H and O–H groups in total. The minimum absolute atomic E-state index is 0.00587. The van der Waals surface area contributed by atoms with Gasteiger partial charge >= 0.3 is 0 Å². The van der Waals surface area contributed by atoms with Crippen molar-refractivity contribution in [2.75, 3.05) is 0 Å². The second-order valence-electron chi connectivity index (χ2n) is 4.68. The first-order chi connectivity index (χ1) is 8.81. The third-order valence-corrected chi connectivity index (χ3v) is 3.56. The Kier molecular flexibility index (Phi) is 2.80. The molecule has 2 unspecified atom stereocenters. The lowest BCUT2D eigenvalue weighted by Crippen LogP contribution is -2.24. The fourth-order valence-electron chi connectivity index (χ4n) is 2.56. The molecule has 3 rings (SSSR count). The highest BCUT2D eigenvalue weighted by molar-refractivity contribution is 5.73. The molecule has 2 aromatic carbocycles. The topological polar surface area (TPSA) is 35.2 Å². The van der Waals surface area contributed by atoms with Gasteiger partial charge in [-0.25, -0.2) is 0 Å². The maximum Gasteiger partial charge on any atom is 0.132 e. The van der Waals surface area contributed by atoms with E-state index in [-0.39, 0.29) is 12.1 Å². The lowest BCUT2D eigenvalue weighted by atomic mass is 9.98. The van der Waals surface area contributed by atoms with Crippen molar-refractivity contribution in [2.45, 2.75) is 25.5 Å². The van der Waals surface area contributed by atoms with E-state index in [1.807, 2.05) is 18.2 Å². The smallest absolute Gasteiger partial charge is 0.132 e. The fraction of sp³-hybridized carbons (Fsp3) is 0.250. The summed E-state index contributed by atoms with van der Waals surface area (Å²) in [5, 5.41) is 0. The van der Waals surface area contributed by atoms with E-state index in [0.29, 0.717) is 0 Å². The summed E-state index contributed by atoms with van der Waals surface area (Å²) in [5.41, 5.74) is 9.67. The summed E-state index contributed by atoms with van der Waals surface area (Å²) < 4.78 is 6.03. The molecule has 0 fully saturated rings. The van der Waals surface area contributed by atoms with Crippen LogP contribution >= 0.6 is 0 Å². The van der Waals surface area contributed by atoms with Crippen LogP contribution in [0, 0.1) is 0 Å².